The smallest absolute Gasteiger partial charge is 0.320 e. The van der Waals surface area contributed by atoms with Gasteiger partial charge in [-0.3, -0.25) is 9.00 Å². The molecule has 0 aliphatic carbocycles. The number of nitrogens with one attached hydrogen (secondary N) is 1. The summed E-state index contributed by atoms with van der Waals surface area (Å²) in [5.74, 6) is 0.396. The van der Waals surface area contributed by atoms with Crippen molar-refractivity contribution in [2.75, 3.05) is 25.7 Å². The van der Waals surface area contributed by atoms with E-state index in [2.05, 4.69) is 26.0 Å². The molecule has 0 radical (unpaired) electrons. The molecule has 0 fully saturated rings. The minimum absolute atomic E-state index is 0.249. The van der Waals surface area contributed by atoms with Gasteiger partial charge in [0.25, 0.3) is 0 Å². The highest BCUT2D eigenvalue weighted by atomic mass is 79.9. The molecule has 0 bridgehead atoms. The third-order valence-corrected chi connectivity index (χ3v) is 3.45. The van der Waals surface area contributed by atoms with Gasteiger partial charge in [-0.15, -0.1) is 0 Å². The van der Waals surface area contributed by atoms with E-state index >= 15 is 0 Å². The first-order valence-corrected chi connectivity index (χ1v) is 7.37. The Morgan fingerprint density at radius 2 is 2.20 bits per heavy atom. The summed E-state index contributed by atoms with van der Waals surface area (Å²) in [7, 11) is 0.607. The Balaban J connectivity index is 3.65. The van der Waals surface area contributed by atoms with Gasteiger partial charge in [-0.25, -0.2) is 0 Å². The SMILES string of the molecule is COC(=O)C(Br)CNC(C)CCS(C)=O. The van der Waals surface area contributed by atoms with Crippen molar-refractivity contribution in [3.63, 3.8) is 0 Å². The van der Waals surface area contributed by atoms with Crippen LogP contribution in [-0.2, 0) is 20.3 Å². The number of alkyl halides is 1. The van der Waals surface area contributed by atoms with Crippen molar-refractivity contribution in [1.82, 2.24) is 5.32 Å². The second kappa shape index (κ2) is 8.24. The number of halogens is 1. The van der Waals surface area contributed by atoms with Gasteiger partial charge < -0.3 is 10.1 Å². The molecule has 0 aromatic rings. The number of rotatable bonds is 7. The van der Waals surface area contributed by atoms with Gasteiger partial charge in [-0.2, -0.15) is 0 Å². The summed E-state index contributed by atoms with van der Waals surface area (Å²) >= 11 is 3.21. The monoisotopic (exact) mass is 299 g/mol. The van der Waals surface area contributed by atoms with Crippen LogP contribution in [0, 0.1) is 0 Å². The number of hydrogen-bond acceptors (Lipinski definition) is 4. The molecule has 1 N–H and O–H groups in total. The zero-order valence-electron chi connectivity index (χ0n) is 9.29. The molecule has 0 aromatic heterocycles. The fourth-order valence-corrected chi connectivity index (χ4v) is 2.02. The van der Waals surface area contributed by atoms with Gasteiger partial charge in [0.05, 0.1) is 7.11 Å². The summed E-state index contributed by atoms with van der Waals surface area (Å²) in [5.41, 5.74) is 0. The fraction of sp³-hybridized carbons (Fsp3) is 0.889. The molecule has 0 saturated carbocycles. The molecule has 0 saturated heterocycles. The fourth-order valence-electron chi connectivity index (χ4n) is 0.961. The van der Waals surface area contributed by atoms with E-state index in [0.717, 1.165) is 6.42 Å². The van der Waals surface area contributed by atoms with E-state index in [1.165, 1.54) is 7.11 Å². The molecule has 0 amide bonds. The van der Waals surface area contributed by atoms with Gasteiger partial charge in [-0.1, -0.05) is 15.9 Å². The number of esters is 1. The maximum atomic E-state index is 11.0. The molecule has 0 spiro atoms. The molecular weight excluding hydrogens is 282 g/mol. The third-order valence-electron chi connectivity index (χ3n) is 1.94. The van der Waals surface area contributed by atoms with Crippen molar-refractivity contribution < 1.29 is 13.7 Å². The Labute approximate surface area is 102 Å². The summed E-state index contributed by atoms with van der Waals surface area (Å²) in [6.07, 6.45) is 2.53. The van der Waals surface area contributed by atoms with Crippen molar-refractivity contribution in [2.45, 2.75) is 24.2 Å². The minimum atomic E-state index is -0.754. The van der Waals surface area contributed by atoms with Crippen LogP contribution in [0.2, 0.25) is 0 Å². The summed E-state index contributed by atoms with van der Waals surface area (Å²) < 4.78 is 15.4. The normalized spacial score (nSPS) is 16.8. The second-order valence-corrected chi connectivity index (χ2v) is 6.03. The predicted molar refractivity (Wildman–Crippen MR) is 65.7 cm³/mol. The average molecular weight is 300 g/mol. The summed E-state index contributed by atoms with van der Waals surface area (Å²) in [5, 5.41) is 3.17. The number of carbonyl (C=O) groups excluding carboxylic acids is 1. The van der Waals surface area contributed by atoms with Crippen LogP contribution in [0.15, 0.2) is 0 Å². The topological polar surface area (TPSA) is 55.4 Å². The first kappa shape index (κ1) is 15.1. The minimum Gasteiger partial charge on any atom is -0.468 e. The van der Waals surface area contributed by atoms with Crippen LogP contribution >= 0.6 is 15.9 Å². The highest BCUT2D eigenvalue weighted by molar-refractivity contribution is 9.10. The molecule has 3 unspecified atom stereocenters. The summed E-state index contributed by atoms with van der Waals surface area (Å²) in [6, 6.07) is 0.249. The van der Waals surface area contributed by atoms with Crippen LogP contribution in [0.3, 0.4) is 0 Å². The van der Waals surface area contributed by atoms with E-state index < -0.39 is 10.8 Å². The van der Waals surface area contributed by atoms with Crippen molar-refractivity contribution >= 4 is 32.7 Å². The zero-order valence-corrected chi connectivity index (χ0v) is 11.7. The molecule has 4 nitrogen and oxygen atoms in total. The molecule has 6 heteroatoms. The highest BCUT2D eigenvalue weighted by Gasteiger charge is 2.15. The Morgan fingerprint density at radius 1 is 1.60 bits per heavy atom. The van der Waals surface area contributed by atoms with Gasteiger partial charge in [0.1, 0.15) is 4.83 Å². The Kier molecular flexibility index (Phi) is 8.27. The molecule has 15 heavy (non-hydrogen) atoms. The van der Waals surface area contributed by atoms with Crippen LogP contribution in [0.4, 0.5) is 0 Å². The quantitative estimate of drug-likeness (QED) is 0.555. The van der Waals surface area contributed by atoms with Gasteiger partial charge in [0, 0.05) is 35.4 Å². The lowest BCUT2D eigenvalue weighted by Crippen LogP contribution is -2.35. The van der Waals surface area contributed by atoms with Gasteiger partial charge in [0.2, 0.25) is 0 Å². The number of hydrogen-bond donors (Lipinski definition) is 1. The van der Waals surface area contributed by atoms with E-state index in [-0.39, 0.29) is 16.8 Å². The van der Waals surface area contributed by atoms with Crippen molar-refractivity contribution in [1.29, 1.82) is 0 Å². The molecule has 0 aliphatic rings. The zero-order chi connectivity index (χ0) is 11.8. The van der Waals surface area contributed by atoms with Crippen LogP contribution in [0.1, 0.15) is 13.3 Å². The largest absolute Gasteiger partial charge is 0.468 e. The third kappa shape index (κ3) is 7.93. The van der Waals surface area contributed by atoms with Gasteiger partial charge in [0.15, 0.2) is 0 Å². The molecule has 90 valence electrons. The van der Waals surface area contributed by atoms with Crippen LogP contribution < -0.4 is 5.32 Å². The molecule has 0 aliphatic heterocycles. The van der Waals surface area contributed by atoms with Gasteiger partial charge >= 0.3 is 5.97 Å². The highest BCUT2D eigenvalue weighted by Crippen LogP contribution is 2.01. The van der Waals surface area contributed by atoms with E-state index in [9.17, 15) is 9.00 Å². The lowest BCUT2D eigenvalue weighted by atomic mass is 10.2. The first-order valence-electron chi connectivity index (χ1n) is 4.72. The Morgan fingerprint density at radius 3 is 2.67 bits per heavy atom. The summed E-state index contributed by atoms with van der Waals surface area (Å²) in [6.45, 7) is 2.52. The van der Waals surface area contributed by atoms with Crippen LogP contribution in [-0.4, -0.2) is 46.7 Å². The maximum absolute atomic E-state index is 11.0. The molecule has 0 heterocycles. The summed E-state index contributed by atoms with van der Waals surface area (Å²) in [4.78, 5) is 10.7. The number of ether oxygens (including phenoxy) is 1. The molecule has 0 aromatic carbocycles. The number of carbonyl (C=O) groups is 1. The van der Waals surface area contributed by atoms with E-state index in [1.807, 2.05) is 6.92 Å². The molecule has 3 atom stereocenters. The second-order valence-electron chi connectivity index (χ2n) is 3.37. The molecule has 0 rings (SSSR count). The van der Waals surface area contributed by atoms with E-state index in [1.54, 1.807) is 6.26 Å². The van der Waals surface area contributed by atoms with Crippen molar-refractivity contribution in [3.8, 4) is 0 Å². The lowest BCUT2D eigenvalue weighted by molar-refractivity contribution is -0.139. The predicted octanol–water partition coefficient (Wildman–Crippen LogP) is 0.670. The maximum Gasteiger partial charge on any atom is 0.320 e. The van der Waals surface area contributed by atoms with E-state index in [0.29, 0.717) is 12.3 Å². The lowest BCUT2D eigenvalue weighted by Gasteiger charge is -2.15. The van der Waals surface area contributed by atoms with E-state index in [4.69, 9.17) is 0 Å². The number of methoxy groups -OCH3 is 1. The van der Waals surface area contributed by atoms with Crippen LogP contribution in [0.25, 0.3) is 0 Å². The van der Waals surface area contributed by atoms with Crippen LogP contribution in [0.5, 0.6) is 0 Å². The van der Waals surface area contributed by atoms with Gasteiger partial charge in [-0.05, 0) is 13.3 Å². The van der Waals surface area contributed by atoms with Crippen molar-refractivity contribution in [2.24, 2.45) is 0 Å². The standard InChI is InChI=1S/C9H18BrNO3S/c1-7(4-5-15(3)13)11-6-8(10)9(12)14-2/h7-8,11H,4-6H2,1-3H3. The Hall–Kier alpha value is 0.0600. The Bertz CT molecular complexity index is 225. The average Bonchev–Trinajstić information content (AvgIpc) is 2.21. The molecular formula is C9H18BrNO3S. The first-order chi connectivity index (χ1) is 6.97. The van der Waals surface area contributed by atoms with Crippen molar-refractivity contribution in [3.05, 3.63) is 0 Å².